The number of halogens is 1. The monoisotopic (exact) mass is 215 g/mol. The predicted molar refractivity (Wildman–Crippen MR) is 47.8 cm³/mol. The Kier molecular flexibility index (Phi) is 2.88. The van der Waals surface area contributed by atoms with Crippen molar-refractivity contribution in [1.29, 1.82) is 0 Å². The van der Waals surface area contributed by atoms with Crippen LogP contribution < -0.4 is 4.74 Å². The van der Waals surface area contributed by atoms with E-state index in [0.29, 0.717) is 6.61 Å². The zero-order valence-electron chi connectivity index (χ0n) is 6.60. The van der Waals surface area contributed by atoms with Gasteiger partial charge < -0.3 is 4.74 Å². The molecule has 2 nitrogen and oxygen atoms in total. The van der Waals surface area contributed by atoms with Crippen molar-refractivity contribution in [3.63, 3.8) is 0 Å². The van der Waals surface area contributed by atoms with Crippen LogP contribution in [0, 0.1) is 6.92 Å². The minimum absolute atomic E-state index is 0.670. The Bertz CT molecular complexity index is 250. The average molecular weight is 216 g/mol. The van der Waals surface area contributed by atoms with Crippen LogP contribution in [-0.4, -0.2) is 11.6 Å². The normalized spacial score (nSPS) is 9.73. The van der Waals surface area contributed by atoms with Gasteiger partial charge in [0.05, 0.1) is 6.61 Å². The third-order valence-electron chi connectivity index (χ3n) is 1.25. The predicted octanol–water partition coefficient (Wildman–Crippen LogP) is 2.55. The number of rotatable bonds is 2. The van der Waals surface area contributed by atoms with E-state index in [-0.39, 0.29) is 0 Å². The molecule has 11 heavy (non-hydrogen) atoms. The second-order valence-corrected chi connectivity index (χ2v) is 2.93. The van der Waals surface area contributed by atoms with Crippen LogP contribution in [0.3, 0.4) is 0 Å². The van der Waals surface area contributed by atoms with Crippen molar-refractivity contribution >= 4 is 15.9 Å². The Morgan fingerprint density at radius 3 is 2.82 bits per heavy atom. The van der Waals surface area contributed by atoms with Crippen LogP contribution in [-0.2, 0) is 0 Å². The molecular formula is C8H10BrNO. The molecule has 0 atom stereocenters. The molecule has 60 valence electrons. The van der Waals surface area contributed by atoms with Gasteiger partial charge in [-0.3, -0.25) is 0 Å². The van der Waals surface area contributed by atoms with Gasteiger partial charge in [-0.2, -0.15) is 0 Å². The maximum Gasteiger partial charge on any atom is 0.152 e. The molecule has 0 aromatic carbocycles. The molecule has 1 heterocycles. The molecule has 3 heteroatoms. The maximum atomic E-state index is 5.28. The Hall–Kier alpha value is -0.570. The Labute approximate surface area is 74.7 Å². The Morgan fingerprint density at radius 1 is 1.55 bits per heavy atom. The molecule has 0 aliphatic rings. The minimum Gasteiger partial charge on any atom is -0.491 e. The zero-order valence-corrected chi connectivity index (χ0v) is 8.18. The van der Waals surface area contributed by atoms with Crippen molar-refractivity contribution in [1.82, 2.24) is 4.98 Å². The highest BCUT2D eigenvalue weighted by Crippen LogP contribution is 2.22. The van der Waals surface area contributed by atoms with E-state index >= 15 is 0 Å². The van der Waals surface area contributed by atoms with E-state index in [2.05, 4.69) is 20.9 Å². The van der Waals surface area contributed by atoms with Gasteiger partial charge in [0.25, 0.3) is 0 Å². The number of aryl methyl sites for hydroxylation is 1. The van der Waals surface area contributed by atoms with Gasteiger partial charge in [0.2, 0.25) is 0 Å². The van der Waals surface area contributed by atoms with Crippen LogP contribution in [0.5, 0.6) is 5.75 Å². The number of aromatic nitrogens is 1. The summed E-state index contributed by atoms with van der Waals surface area (Å²) in [5.74, 6) is 0.804. The Morgan fingerprint density at radius 2 is 2.27 bits per heavy atom. The third kappa shape index (κ3) is 2.19. The molecule has 0 radical (unpaired) electrons. The number of hydrogen-bond donors (Lipinski definition) is 0. The van der Waals surface area contributed by atoms with Crippen molar-refractivity contribution < 1.29 is 4.74 Å². The van der Waals surface area contributed by atoms with E-state index in [1.54, 1.807) is 0 Å². The van der Waals surface area contributed by atoms with Gasteiger partial charge in [0.1, 0.15) is 4.60 Å². The molecule has 1 aromatic rings. The van der Waals surface area contributed by atoms with Crippen LogP contribution in [0.2, 0.25) is 0 Å². The van der Waals surface area contributed by atoms with Gasteiger partial charge in [0.15, 0.2) is 5.75 Å². The minimum atomic E-state index is 0.670. The number of nitrogens with zero attached hydrogens (tertiary/aromatic N) is 1. The summed E-state index contributed by atoms with van der Waals surface area (Å²) in [5, 5.41) is 0. The van der Waals surface area contributed by atoms with Crippen molar-refractivity contribution in [2.45, 2.75) is 13.8 Å². The lowest BCUT2D eigenvalue weighted by molar-refractivity contribution is 0.336. The summed E-state index contributed by atoms with van der Waals surface area (Å²) < 4.78 is 6.06. The number of ether oxygens (including phenoxy) is 1. The summed E-state index contributed by atoms with van der Waals surface area (Å²) in [4.78, 5) is 4.18. The van der Waals surface area contributed by atoms with Crippen molar-refractivity contribution in [3.8, 4) is 5.75 Å². The number of hydrogen-bond acceptors (Lipinski definition) is 2. The molecule has 0 aliphatic heterocycles. The summed E-state index contributed by atoms with van der Waals surface area (Å²) in [6, 6.07) is 3.84. The highest BCUT2D eigenvalue weighted by Gasteiger charge is 1.99. The molecule has 0 saturated heterocycles. The number of pyridine rings is 1. The standard InChI is InChI=1S/C8H10BrNO/c1-3-11-7-5-4-6(2)10-8(7)9/h4-5H,3H2,1-2H3. The lowest BCUT2D eigenvalue weighted by Gasteiger charge is -2.04. The summed E-state index contributed by atoms with van der Waals surface area (Å²) in [6.45, 7) is 4.57. The first-order chi connectivity index (χ1) is 5.24. The largest absolute Gasteiger partial charge is 0.491 e. The van der Waals surface area contributed by atoms with Gasteiger partial charge in [0, 0.05) is 5.69 Å². The first kappa shape index (κ1) is 8.53. The van der Waals surface area contributed by atoms with E-state index in [1.165, 1.54) is 0 Å². The fourth-order valence-electron chi connectivity index (χ4n) is 0.775. The van der Waals surface area contributed by atoms with Gasteiger partial charge in [-0.25, -0.2) is 4.98 Å². The van der Waals surface area contributed by atoms with Crippen molar-refractivity contribution in [2.24, 2.45) is 0 Å². The second kappa shape index (κ2) is 3.72. The molecule has 0 saturated carbocycles. The Balaban J connectivity index is 2.90. The van der Waals surface area contributed by atoms with Crippen molar-refractivity contribution in [3.05, 3.63) is 22.4 Å². The first-order valence-electron chi connectivity index (χ1n) is 3.50. The molecule has 0 N–H and O–H groups in total. The average Bonchev–Trinajstić information content (AvgIpc) is 1.95. The molecular weight excluding hydrogens is 206 g/mol. The third-order valence-corrected chi connectivity index (χ3v) is 1.82. The molecule has 1 rings (SSSR count). The molecule has 0 spiro atoms. The van der Waals surface area contributed by atoms with Gasteiger partial charge in [-0.15, -0.1) is 0 Å². The van der Waals surface area contributed by atoms with E-state index in [0.717, 1.165) is 16.0 Å². The van der Waals surface area contributed by atoms with E-state index in [9.17, 15) is 0 Å². The summed E-state index contributed by atoms with van der Waals surface area (Å²) in [7, 11) is 0. The SMILES string of the molecule is CCOc1ccc(C)nc1Br. The first-order valence-corrected chi connectivity index (χ1v) is 4.29. The van der Waals surface area contributed by atoms with Crippen LogP contribution in [0.4, 0.5) is 0 Å². The smallest absolute Gasteiger partial charge is 0.152 e. The summed E-state index contributed by atoms with van der Waals surface area (Å²) in [5.41, 5.74) is 0.986. The van der Waals surface area contributed by atoms with E-state index < -0.39 is 0 Å². The van der Waals surface area contributed by atoms with Crippen LogP contribution >= 0.6 is 15.9 Å². The van der Waals surface area contributed by atoms with Crippen LogP contribution in [0.25, 0.3) is 0 Å². The zero-order chi connectivity index (χ0) is 8.27. The molecule has 0 bridgehead atoms. The lowest BCUT2D eigenvalue weighted by atomic mass is 10.4. The van der Waals surface area contributed by atoms with Crippen molar-refractivity contribution in [2.75, 3.05) is 6.61 Å². The molecule has 0 unspecified atom stereocenters. The fourth-order valence-corrected chi connectivity index (χ4v) is 1.30. The quantitative estimate of drug-likeness (QED) is 0.708. The van der Waals surface area contributed by atoms with Gasteiger partial charge >= 0.3 is 0 Å². The highest BCUT2D eigenvalue weighted by atomic mass is 79.9. The maximum absolute atomic E-state index is 5.28. The van der Waals surface area contributed by atoms with E-state index in [1.807, 2.05) is 26.0 Å². The second-order valence-electron chi connectivity index (χ2n) is 2.17. The van der Waals surface area contributed by atoms with Crippen LogP contribution in [0.1, 0.15) is 12.6 Å². The summed E-state index contributed by atoms with van der Waals surface area (Å²) >= 11 is 3.31. The van der Waals surface area contributed by atoms with Gasteiger partial charge in [-0.1, -0.05) is 0 Å². The van der Waals surface area contributed by atoms with E-state index in [4.69, 9.17) is 4.74 Å². The van der Waals surface area contributed by atoms with Crippen LogP contribution in [0.15, 0.2) is 16.7 Å². The lowest BCUT2D eigenvalue weighted by Crippen LogP contribution is -1.94. The molecule has 0 fully saturated rings. The fraction of sp³-hybridized carbons (Fsp3) is 0.375. The molecule has 0 aliphatic carbocycles. The highest BCUT2D eigenvalue weighted by molar-refractivity contribution is 9.10. The topological polar surface area (TPSA) is 22.1 Å². The molecule has 0 amide bonds. The van der Waals surface area contributed by atoms with Gasteiger partial charge in [-0.05, 0) is 41.9 Å². The molecule has 1 aromatic heterocycles. The summed E-state index contributed by atoms with van der Waals surface area (Å²) in [6.07, 6.45) is 0.